The molecule has 0 saturated carbocycles. The summed E-state index contributed by atoms with van der Waals surface area (Å²) < 4.78 is 46.3. The quantitative estimate of drug-likeness (QED) is 0.370. The molecule has 0 radical (unpaired) electrons. The summed E-state index contributed by atoms with van der Waals surface area (Å²) in [4.78, 5) is 32.8. The van der Waals surface area contributed by atoms with E-state index in [2.05, 4.69) is 0 Å². The molecule has 0 bridgehead atoms. The lowest BCUT2D eigenvalue weighted by Gasteiger charge is -2.49. The van der Waals surface area contributed by atoms with Crippen LogP contribution in [-0.2, 0) is 33.3 Å². The van der Waals surface area contributed by atoms with Crippen molar-refractivity contribution >= 4 is 11.8 Å². The lowest BCUT2D eigenvalue weighted by Crippen LogP contribution is -2.60. The second-order valence-electron chi connectivity index (χ2n) is 16.0. The van der Waals surface area contributed by atoms with Gasteiger partial charge < -0.3 is 53.7 Å². The minimum absolute atomic E-state index is 0.101. The van der Waals surface area contributed by atoms with E-state index in [0.29, 0.717) is 6.42 Å². The number of nitrogens with zero attached hydrogens (tertiary/aromatic N) is 3. The molecule has 3 N–H and O–H groups in total. The number of alkyl halides is 1. The first-order chi connectivity index (χ1) is 22.7. The number of fused-ring (bicyclic) bond motifs is 1. The average Bonchev–Trinajstić information content (AvgIpc) is 3.41. The molecule has 0 aromatic rings. The molecule has 4 aliphatic rings. The van der Waals surface area contributed by atoms with Gasteiger partial charge in [-0.05, 0) is 60.5 Å². The zero-order valence-corrected chi connectivity index (χ0v) is 31.2. The van der Waals surface area contributed by atoms with Crippen LogP contribution in [0, 0.1) is 17.8 Å². The number of halogens is 1. The number of ether oxygens (including phenoxy) is 5. The van der Waals surface area contributed by atoms with Crippen molar-refractivity contribution in [2.45, 2.75) is 153 Å². The van der Waals surface area contributed by atoms with E-state index >= 15 is 0 Å². The normalized spacial score (nSPS) is 47.8. The number of aliphatic hydroxyl groups excluding tert-OH is 2. The van der Waals surface area contributed by atoms with Crippen LogP contribution in [0.25, 0.3) is 0 Å². The van der Waals surface area contributed by atoms with Crippen molar-refractivity contribution in [2.24, 2.45) is 17.8 Å². The molecule has 16 atom stereocenters. The molecule has 4 rings (SSSR count). The third kappa shape index (κ3) is 8.60. The molecule has 14 heteroatoms. The van der Waals surface area contributed by atoms with Crippen molar-refractivity contribution in [3.8, 4) is 0 Å². The molecule has 0 aromatic carbocycles. The van der Waals surface area contributed by atoms with Crippen molar-refractivity contribution in [3.63, 3.8) is 0 Å². The summed E-state index contributed by atoms with van der Waals surface area (Å²) in [5, 5.41) is 34.7. The molecular weight excluding hydrogens is 641 g/mol. The van der Waals surface area contributed by atoms with Crippen LogP contribution in [0.4, 0.5) is 4.39 Å². The van der Waals surface area contributed by atoms with Gasteiger partial charge >= 0.3 is 0 Å². The zero-order valence-electron chi connectivity index (χ0n) is 31.2. The molecular formula is C35H62FN3O10. The zero-order chi connectivity index (χ0) is 36.7. The third-order valence-corrected chi connectivity index (χ3v) is 11.4. The Morgan fingerprint density at radius 3 is 2.22 bits per heavy atom. The Bertz CT molecular complexity index is 1150. The van der Waals surface area contributed by atoms with Crippen LogP contribution in [0.2, 0.25) is 0 Å². The highest BCUT2D eigenvalue weighted by atomic mass is 19.1. The molecule has 4 heterocycles. The summed E-state index contributed by atoms with van der Waals surface area (Å²) in [6.07, 6.45) is -7.56. The first kappa shape index (κ1) is 40.3. The second-order valence-corrected chi connectivity index (χ2v) is 16.0. The highest BCUT2D eigenvalue weighted by Gasteiger charge is 2.53. The number of carbonyl (C=O) groups excluding carboxylic acids is 2. The van der Waals surface area contributed by atoms with E-state index in [-0.39, 0.29) is 56.3 Å². The predicted molar refractivity (Wildman–Crippen MR) is 178 cm³/mol. The second kappa shape index (κ2) is 15.6. The van der Waals surface area contributed by atoms with Gasteiger partial charge in [0.2, 0.25) is 11.8 Å². The van der Waals surface area contributed by atoms with Gasteiger partial charge in [-0.25, -0.2) is 4.39 Å². The Morgan fingerprint density at radius 1 is 0.959 bits per heavy atom. The van der Waals surface area contributed by atoms with Crippen LogP contribution in [0.3, 0.4) is 0 Å². The van der Waals surface area contributed by atoms with Crippen LogP contribution in [0.5, 0.6) is 0 Å². The number of methoxy groups -OCH3 is 1. The third-order valence-electron chi connectivity index (χ3n) is 11.4. The van der Waals surface area contributed by atoms with Crippen LogP contribution in [0.15, 0.2) is 0 Å². The number of aliphatic hydroxyl groups is 3. The molecule has 0 aliphatic carbocycles. The molecule has 4 aliphatic heterocycles. The summed E-state index contributed by atoms with van der Waals surface area (Å²) in [5.41, 5.74) is -2.58. The monoisotopic (exact) mass is 703 g/mol. The first-order valence-corrected chi connectivity index (χ1v) is 17.8. The fourth-order valence-corrected chi connectivity index (χ4v) is 8.64. The van der Waals surface area contributed by atoms with E-state index in [1.165, 1.54) is 16.9 Å². The van der Waals surface area contributed by atoms with Crippen LogP contribution in [-0.4, -0.2) is 162 Å². The molecule has 13 nitrogen and oxygen atoms in total. The topological polar surface area (TPSA) is 151 Å². The molecule has 0 spiro atoms. The summed E-state index contributed by atoms with van der Waals surface area (Å²) in [5.74, 6) is -2.75. The van der Waals surface area contributed by atoms with Gasteiger partial charge in [0.05, 0.1) is 48.1 Å². The van der Waals surface area contributed by atoms with E-state index in [1.54, 1.807) is 34.7 Å². The molecule has 2 amide bonds. The highest BCUT2D eigenvalue weighted by Crippen LogP contribution is 2.40. The number of hydrogen-bond acceptors (Lipinski definition) is 11. The van der Waals surface area contributed by atoms with E-state index in [0.717, 1.165) is 0 Å². The summed E-state index contributed by atoms with van der Waals surface area (Å²) in [7, 11) is 6.88. The van der Waals surface area contributed by atoms with Crippen molar-refractivity contribution in [1.82, 2.24) is 14.7 Å². The summed E-state index contributed by atoms with van der Waals surface area (Å²) >= 11 is 0. The van der Waals surface area contributed by atoms with Gasteiger partial charge in [-0.1, -0.05) is 20.8 Å². The van der Waals surface area contributed by atoms with Crippen molar-refractivity contribution in [3.05, 3.63) is 0 Å². The minimum Gasteiger partial charge on any atom is -0.387 e. The Balaban J connectivity index is 1.80. The summed E-state index contributed by atoms with van der Waals surface area (Å²) in [6, 6.07) is -1.24. The van der Waals surface area contributed by atoms with E-state index < -0.39 is 84.3 Å². The van der Waals surface area contributed by atoms with Crippen LogP contribution >= 0.6 is 0 Å². The number of likely N-dealkylation sites (N-methyl/N-ethyl adjacent to an activating group) is 2. The maximum absolute atomic E-state index is 15.0. The van der Waals surface area contributed by atoms with Crippen molar-refractivity contribution < 1.29 is 53.0 Å². The molecule has 4 fully saturated rings. The Morgan fingerprint density at radius 2 is 1.61 bits per heavy atom. The lowest BCUT2D eigenvalue weighted by molar-refractivity contribution is -0.317. The Labute approximate surface area is 291 Å². The van der Waals surface area contributed by atoms with Gasteiger partial charge in [0.15, 0.2) is 12.6 Å². The van der Waals surface area contributed by atoms with Gasteiger partial charge in [0, 0.05) is 45.5 Å². The lowest BCUT2D eigenvalue weighted by atomic mass is 9.77. The molecule has 0 aromatic heterocycles. The fourth-order valence-electron chi connectivity index (χ4n) is 8.64. The standard InChI is InChI=1S/C35H62FN3O10/c1-18-14-34(6,44)30(49-33-27(40)24(37(8)9)12-19(2)46-33)20(3)28(48-26-15-35(7,45-11)29(41)22(5)47-26)21(4)31(42)39-17-23(36)13-25(39)32(43)38(10)16-18/h18-30,33,40-41,44H,12-17H2,1-11H3/t18-,19-,20+,21-,22+,23-,24+,25+,26+,27-,28+,29+,30-,33+,34-,35-/m1/s1. The molecule has 284 valence electrons. The first-order valence-electron chi connectivity index (χ1n) is 17.8. The van der Waals surface area contributed by atoms with E-state index in [1.807, 2.05) is 39.8 Å². The SMILES string of the molecule is CO[C@]1(C)C[C@H](O[C@H]2[C@H](C)[C@@H](O[C@@H]3O[C@H](C)C[C@H](N(C)C)[C@H]3O)[C@](C)(O)C[C@@H](C)CN(C)C(=O)[C@@H]3C[C@@H](F)CN3C(=O)[C@@H]2C)O[C@@H](C)[C@@H]1O. The molecule has 4 saturated heterocycles. The Kier molecular flexibility index (Phi) is 12.8. The number of rotatable bonds is 6. The van der Waals surface area contributed by atoms with Gasteiger partial charge in [0.25, 0.3) is 0 Å². The number of carbonyl (C=O) groups is 2. The fraction of sp³-hybridized carbons (Fsp3) is 0.943. The van der Waals surface area contributed by atoms with Crippen molar-refractivity contribution in [2.75, 3.05) is 41.3 Å². The molecule has 49 heavy (non-hydrogen) atoms. The summed E-state index contributed by atoms with van der Waals surface area (Å²) in [6.45, 7) is 12.5. The Hall–Kier alpha value is -1.49. The number of amides is 2. The van der Waals surface area contributed by atoms with Gasteiger partial charge in [-0.2, -0.15) is 0 Å². The maximum atomic E-state index is 15.0. The van der Waals surface area contributed by atoms with Gasteiger partial charge in [-0.15, -0.1) is 0 Å². The van der Waals surface area contributed by atoms with E-state index in [4.69, 9.17) is 23.7 Å². The number of hydrogen-bond donors (Lipinski definition) is 3. The molecule has 0 unspecified atom stereocenters. The predicted octanol–water partition coefficient (Wildman–Crippen LogP) is 1.54. The van der Waals surface area contributed by atoms with E-state index in [9.17, 15) is 29.3 Å². The highest BCUT2D eigenvalue weighted by molar-refractivity contribution is 5.89. The van der Waals surface area contributed by atoms with Crippen LogP contribution in [0.1, 0.15) is 74.1 Å². The van der Waals surface area contributed by atoms with Crippen molar-refractivity contribution in [1.29, 1.82) is 0 Å². The van der Waals surface area contributed by atoms with Crippen LogP contribution < -0.4 is 0 Å². The van der Waals surface area contributed by atoms with Gasteiger partial charge in [0.1, 0.15) is 24.4 Å². The minimum atomic E-state index is -1.56. The average molecular weight is 704 g/mol. The largest absolute Gasteiger partial charge is 0.387 e. The smallest absolute Gasteiger partial charge is 0.245 e. The maximum Gasteiger partial charge on any atom is 0.245 e. The van der Waals surface area contributed by atoms with Gasteiger partial charge in [-0.3, -0.25) is 9.59 Å².